The molecule has 0 saturated carbocycles. The van der Waals surface area contributed by atoms with Gasteiger partial charge in [-0.3, -0.25) is 0 Å². The molecule has 1 unspecified atom stereocenters. The number of aromatic nitrogens is 3. The van der Waals surface area contributed by atoms with E-state index in [1.54, 1.807) is 35.3 Å². The van der Waals surface area contributed by atoms with Gasteiger partial charge in [-0.15, -0.1) is 35.3 Å². The quantitative estimate of drug-likeness (QED) is 0.0596. The van der Waals surface area contributed by atoms with E-state index < -0.39 is 16.8 Å². The number of aryl methyl sites for hydroxylation is 3. The zero-order valence-electron chi connectivity index (χ0n) is 36.1. The molecule has 4 aromatic rings. The first kappa shape index (κ1) is 47.3. The molecule has 57 heavy (non-hydrogen) atoms. The van der Waals surface area contributed by atoms with E-state index in [9.17, 15) is 15.3 Å². The summed E-state index contributed by atoms with van der Waals surface area (Å²) in [5.41, 5.74) is 0.898. The number of nitrogens with zero attached hydrogens (tertiary/aromatic N) is 3. The van der Waals surface area contributed by atoms with E-state index in [2.05, 4.69) is 93.6 Å². The van der Waals surface area contributed by atoms with Crippen molar-refractivity contribution in [2.45, 2.75) is 187 Å². The molecule has 0 aliphatic heterocycles. The Morgan fingerprint density at radius 2 is 0.649 bits per heavy atom. The van der Waals surface area contributed by atoms with Crippen LogP contribution >= 0.6 is 35.3 Å². The summed E-state index contributed by atoms with van der Waals surface area (Å²) in [6, 6.07) is 26.1. The van der Waals surface area contributed by atoms with Crippen molar-refractivity contribution < 1.29 is 15.3 Å². The Hall–Kier alpha value is -2.40. The molecule has 0 spiro atoms. The van der Waals surface area contributed by atoms with Crippen molar-refractivity contribution in [3.63, 3.8) is 0 Å². The number of hydrogen-bond donors (Lipinski definition) is 3. The summed E-state index contributed by atoms with van der Waals surface area (Å²) in [6.45, 7) is 17.8. The molecule has 0 fully saturated rings. The third kappa shape index (κ3) is 16.3. The van der Waals surface area contributed by atoms with Crippen LogP contribution in [0.25, 0.3) is 0 Å². The highest BCUT2D eigenvalue weighted by Gasteiger charge is 2.34. The molecule has 1 heterocycles. The van der Waals surface area contributed by atoms with E-state index in [1.165, 1.54) is 36.0 Å². The highest BCUT2D eigenvalue weighted by molar-refractivity contribution is 8.00. The van der Waals surface area contributed by atoms with Crippen LogP contribution in [0.5, 0.6) is 0 Å². The van der Waals surface area contributed by atoms with Gasteiger partial charge < -0.3 is 15.3 Å². The molecule has 3 atom stereocenters. The van der Waals surface area contributed by atoms with Crippen LogP contribution in [0.15, 0.2) is 87.5 Å². The van der Waals surface area contributed by atoms with Gasteiger partial charge in [0.15, 0.2) is 0 Å². The van der Waals surface area contributed by atoms with Crippen LogP contribution in [-0.2, 0) is 38.5 Å². The zero-order valence-corrected chi connectivity index (χ0v) is 38.5. The first-order valence-electron chi connectivity index (χ1n) is 21.1. The van der Waals surface area contributed by atoms with Crippen LogP contribution in [0.4, 0.5) is 0 Å². The second kappa shape index (κ2) is 22.3. The van der Waals surface area contributed by atoms with E-state index in [0.717, 1.165) is 53.2 Å². The van der Waals surface area contributed by atoms with E-state index >= 15 is 0 Å². The monoisotopic (exact) mass is 831 g/mol. The van der Waals surface area contributed by atoms with Gasteiger partial charge in [0, 0.05) is 49.7 Å². The molecule has 9 heteroatoms. The third-order valence-electron chi connectivity index (χ3n) is 10.3. The number of hydrogen-bond acceptors (Lipinski definition) is 9. The Kier molecular flexibility index (Phi) is 18.5. The highest BCUT2D eigenvalue weighted by Crippen LogP contribution is 2.36. The molecule has 0 saturated heterocycles. The Labute approximate surface area is 357 Å². The van der Waals surface area contributed by atoms with Gasteiger partial charge in [0.05, 0.1) is 16.8 Å². The standard InChI is InChI=1S/C48H69N3O3S3/c1-10-13-16-34-19-25-37(26-20-34)55-40(46(4,5)52)31-43-49-44(32-41(47(6,7)53)56-38-27-21-35(22-28-38)17-14-11-2)51-45(50-43)33-42(48(8,9)54)57-39-29-23-36(24-30-39)18-15-12-3/h19-30,40-42,52-54H,10-18,31-33H2,1-9H3/t40-,41-,42?/m1/s1. The minimum Gasteiger partial charge on any atom is -0.389 e. The van der Waals surface area contributed by atoms with Crippen LogP contribution in [-0.4, -0.2) is 62.8 Å². The first-order valence-corrected chi connectivity index (χ1v) is 23.8. The average molecular weight is 832 g/mol. The lowest BCUT2D eigenvalue weighted by molar-refractivity contribution is 0.0765. The summed E-state index contributed by atoms with van der Waals surface area (Å²) in [5, 5.41) is 33.8. The largest absolute Gasteiger partial charge is 0.389 e. The maximum Gasteiger partial charge on any atom is 0.133 e. The summed E-state index contributed by atoms with van der Waals surface area (Å²) in [4.78, 5) is 18.5. The lowest BCUT2D eigenvalue weighted by Gasteiger charge is -2.30. The zero-order chi connectivity index (χ0) is 41.6. The molecule has 0 aliphatic rings. The van der Waals surface area contributed by atoms with E-state index in [0.29, 0.717) is 36.7 Å². The summed E-state index contributed by atoms with van der Waals surface area (Å²) < 4.78 is 0. The Morgan fingerprint density at radius 1 is 0.421 bits per heavy atom. The highest BCUT2D eigenvalue weighted by atomic mass is 32.2. The first-order chi connectivity index (χ1) is 27.0. The van der Waals surface area contributed by atoms with E-state index in [1.807, 2.05) is 41.5 Å². The van der Waals surface area contributed by atoms with E-state index in [4.69, 9.17) is 15.0 Å². The van der Waals surface area contributed by atoms with Gasteiger partial charge in [0.1, 0.15) is 17.5 Å². The number of aliphatic hydroxyl groups is 3. The molecule has 0 bridgehead atoms. The van der Waals surface area contributed by atoms with Gasteiger partial charge >= 0.3 is 0 Å². The predicted octanol–water partition coefficient (Wildman–Crippen LogP) is 11.3. The molecule has 4 rings (SSSR count). The van der Waals surface area contributed by atoms with Crippen LogP contribution in [0.1, 0.15) is 135 Å². The summed E-state index contributed by atoms with van der Waals surface area (Å²) in [5.74, 6) is 1.82. The minimum atomic E-state index is -1.03. The second-order valence-electron chi connectivity index (χ2n) is 17.2. The second-order valence-corrected chi connectivity index (χ2v) is 21.0. The average Bonchev–Trinajstić information content (AvgIpc) is 3.15. The van der Waals surface area contributed by atoms with Gasteiger partial charge in [-0.2, -0.15) is 0 Å². The Bertz CT molecular complexity index is 1540. The molecule has 1 aromatic heterocycles. The summed E-state index contributed by atoms with van der Waals surface area (Å²) in [7, 11) is 0. The number of rotatable bonds is 24. The third-order valence-corrected chi connectivity index (χ3v) is 15.0. The topological polar surface area (TPSA) is 99.4 Å². The van der Waals surface area contributed by atoms with Crippen molar-refractivity contribution in [2.75, 3.05) is 0 Å². The lowest BCUT2D eigenvalue weighted by atomic mass is 10.0. The molecule has 0 aliphatic carbocycles. The normalized spacial score (nSPS) is 14.1. The Morgan fingerprint density at radius 3 is 0.842 bits per heavy atom. The van der Waals surface area contributed by atoms with Gasteiger partial charge in [-0.25, -0.2) is 15.0 Å². The van der Waals surface area contributed by atoms with Crippen molar-refractivity contribution >= 4 is 35.3 Å². The lowest BCUT2D eigenvalue weighted by Crippen LogP contribution is -2.38. The van der Waals surface area contributed by atoms with Crippen molar-refractivity contribution in [1.29, 1.82) is 0 Å². The van der Waals surface area contributed by atoms with Crippen molar-refractivity contribution in [1.82, 2.24) is 15.0 Å². The van der Waals surface area contributed by atoms with Crippen LogP contribution in [0, 0.1) is 0 Å². The van der Waals surface area contributed by atoms with Crippen LogP contribution < -0.4 is 0 Å². The maximum atomic E-state index is 11.5. The number of benzene rings is 3. The van der Waals surface area contributed by atoms with Gasteiger partial charge in [0.25, 0.3) is 0 Å². The maximum absolute atomic E-state index is 11.5. The fourth-order valence-corrected chi connectivity index (χ4v) is 9.87. The molecular weight excluding hydrogens is 763 g/mol. The summed E-state index contributed by atoms with van der Waals surface area (Å²) >= 11 is 4.94. The minimum absolute atomic E-state index is 0.238. The SMILES string of the molecule is CCCCc1ccc(SC(Cc2nc(C[C@@H](Sc3ccc(CCCC)cc3)C(C)(C)O)nc(C[C@@H](Sc3ccc(CCCC)cc3)C(C)(C)O)n2)C(C)(C)O)cc1. The fourth-order valence-electron chi connectivity index (χ4n) is 6.44. The van der Waals surface area contributed by atoms with Crippen LogP contribution in [0.3, 0.4) is 0 Å². The molecule has 3 N–H and O–H groups in total. The fraction of sp³-hybridized carbons (Fsp3) is 0.562. The molecule has 312 valence electrons. The Balaban J connectivity index is 1.68. The van der Waals surface area contributed by atoms with Gasteiger partial charge in [-0.1, -0.05) is 76.4 Å². The molecular formula is C48H69N3O3S3. The van der Waals surface area contributed by atoms with Crippen LogP contribution in [0.2, 0.25) is 0 Å². The molecule has 0 amide bonds. The smallest absolute Gasteiger partial charge is 0.133 e. The van der Waals surface area contributed by atoms with E-state index in [-0.39, 0.29) is 15.7 Å². The van der Waals surface area contributed by atoms with Gasteiger partial charge in [-0.05, 0) is 133 Å². The number of thioether (sulfide) groups is 3. The summed E-state index contributed by atoms with van der Waals surface area (Å²) in [6.07, 6.45) is 11.5. The van der Waals surface area contributed by atoms with Gasteiger partial charge in [0.2, 0.25) is 0 Å². The van der Waals surface area contributed by atoms with Crippen molar-refractivity contribution in [2.24, 2.45) is 0 Å². The number of unbranched alkanes of at least 4 members (excludes halogenated alkanes) is 3. The predicted molar refractivity (Wildman–Crippen MR) is 244 cm³/mol. The molecule has 3 aromatic carbocycles. The molecule has 0 radical (unpaired) electrons. The van der Waals surface area contributed by atoms with Crippen molar-refractivity contribution in [3.05, 3.63) is 107 Å². The van der Waals surface area contributed by atoms with Crippen molar-refractivity contribution in [3.8, 4) is 0 Å². The molecule has 6 nitrogen and oxygen atoms in total.